The number of nitrogens with zero attached hydrogens (tertiary/aromatic N) is 3. The molecule has 1 aliphatic carbocycles. The van der Waals surface area contributed by atoms with Crippen molar-refractivity contribution in [1.82, 2.24) is 25.4 Å². The molecule has 2 aromatic rings. The normalized spacial score (nSPS) is 15.7. The molecule has 1 fully saturated rings. The highest BCUT2D eigenvalue weighted by Crippen LogP contribution is 2.22. The van der Waals surface area contributed by atoms with Gasteiger partial charge in [-0.05, 0) is 32.0 Å². The van der Waals surface area contributed by atoms with Gasteiger partial charge in [0.05, 0.1) is 11.9 Å². The van der Waals surface area contributed by atoms with Gasteiger partial charge in [-0.3, -0.25) is 10.1 Å². The Bertz CT molecular complexity index is 559. The molecular weight excluding hydrogens is 274 g/mol. The average Bonchev–Trinajstić information content (AvgIpc) is 3.23. The lowest BCUT2D eigenvalue weighted by molar-refractivity contribution is 0.245. The van der Waals surface area contributed by atoms with Gasteiger partial charge in [-0.25, -0.2) is 0 Å². The van der Waals surface area contributed by atoms with Gasteiger partial charge >= 0.3 is 0 Å². The Morgan fingerprint density at radius 2 is 2.18 bits per heavy atom. The first kappa shape index (κ1) is 15.2. The summed E-state index contributed by atoms with van der Waals surface area (Å²) in [5, 5.41) is 10.8. The summed E-state index contributed by atoms with van der Waals surface area (Å²) in [6.07, 6.45) is 11.1. The molecule has 0 spiro atoms. The molecule has 1 saturated carbocycles. The fourth-order valence-corrected chi connectivity index (χ4v) is 3.21. The Kier molecular flexibility index (Phi) is 5.19. The van der Waals surface area contributed by atoms with Gasteiger partial charge in [0.1, 0.15) is 0 Å². The fraction of sp³-hybridized carbons (Fsp3) is 0.529. The largest absolute Gasteiger partial charge is 0.311 e. The second kappa shape index (κ2) is 7.51. The highest BCUT2D eigenvalue weighted by molar-refractivity contribution is 5.61. The van der Waals surface area contributed by atoms with E-state index in [1.54, 1.807) is 6.20 Å². The molecule has 0 bridgehead atoms. The minimum Gasteiger partial charge on any atom is -0.311 e. The summed E-state index contributed by atoms with van der Waals surface area (Å²) in [5.74, 6) is 0. The number of likely N-dealkylation sites (N-methyl/N-ethyl adjacent to an activating group) is 1. The van der Waals surface area contributed by atoms with Crippen molar-refractivity contribution in [3.63, 3.8) is 0 Å². The van der Waals surface area contributed by atoms with Crippen LogP contribution in [-0.2, 0) is 6.54 Å². The lowest BCUT2D eigenvalue weighted by Crippen LogP contribution is -2.35. The van der Waals surface area contributed by atoms with Gasteiger partial charge in [-0.15, -0.1) is 0 Å². The van der Waals surface area contributed by atoms with E-state index in [0.717, 1.165) is 36.9 Å². The van der Waals surface area contributed by atoms with Crippen molar-refractivity contribution >= 4 is 0 Å². The van der Waals surface area contributed by atoms with Crippen LogP contribution in [0.25, 0.3) is 11.3 Å². The maximum absolute atomic E-state index is 4.17. The third-order valence-electron chi connectivity index (χ3n) is 4.57. The summed E-state index contributed by atoms with van der Waals surface area (Å²) in [5.41, 5.74) is 3.33. The summed E-state index contributed by atoms with van der Waals surface area (Å²) in [6, 6.07) is 4.80. The minimum atomic E-state index is 0.793. The molecule has 0 saturated heterocycles. The van der Waals surface area contributed by atoms with Crippen LogP contribution in [0.4, 0.5) is 0 Å². The first-order chi connectivity index (χ1) is 10.8. The summed E-state index contributed by atoms with van der Waals surface area (Å²) >= 11 is 0. The van der Waals surface area contributed by atoms with Crippen LogP contribution in [0.15, 0.2) is 30.7 Å². The Morgan fingerprint density at radius 1 is 1.32 bits per heavy atom. The summed E-state index contributed by atoms with van der Waals surface area (Å²) in [4.78, 5) is 6.67. The van der Waals surface area contributed by atoms with E-state index in [-0.39, 0.29) is 0 Å². The van der Waals surface area contributed by atoms with E-state index in [0.29, 0.717) is 0 Å². The molecule has 5 heteroatoms. The number of hydrogen-bond donors (Lipinski definition) is 2. The van der Waals surface area contributed by atoms with Crippen molar-refractivity contribution in [2.75, 3.05) is 20.1 Å². The van der Waals surface area contributed by atoms with Gasteiger partial charge in [-0.1, -0.05) is 12.8 Å². The van der Waals surface area contributed by atoms with Crippen molar-refractivity contribution < 1.29 is 0 Å². The zero-order chi connectivity index (χ0) is 15.2. The topological polar surface area (TPSA) is 56.8 Å². The van der Waals surface area contributed by atoms with Crippen molar-refractivity contribution in [3.05, 3.63) is 36.3 Å². The standard InChI is InChI=1S/C17H25N5/c1-22(16-6-2-3-7-16)10-9-19-12-15-13-20-21-17(15)14-5-4-8-18-11-14/h4-5,8,11,13,16,19H,2-3,6-7,9-10,12H2,1H3,(H,20,21). The van der Waals surface area contributed by atoms with Crippen LogP contribution in [0.5, 0.6) is 0 Å². The van der Waals surface area contributed by atoms with Crippen molar-refractivity contribution in [3.8, 4) is 11.3 Å². The number of aromatic nitrogens is 3. The van der Waals surface area contributed by atoms with E-state index in [4.69, 9.17) is 0 Å². The molecule has 2 N–H and O–H groups in total. The Hall–Kier alpha value is -1.72. The van der Waals surface area contributed by atoms with E-state index >= 15 is 0 Å². The van der Waals surface area contributed by atoms with Crippen LogP contribution in [0.3, 0.4) is 0 Å². The summed E-state index contributed by atoms with van der Waals surface area (Å²) in [7, 11) is 2.25. The average molecular weight is 299 g/mol. The maximum Gasteiger partial charge on any atom is 0.0710 e. The van der Waals surface area contributed by atoms with Crippen LogP contribution in [0.2, 0.25) is 0 Å². The predicted octanol–water partition coefficient (Wildman–Crippen LogP) is 2.44. The van der Waals surface area contributed by atoms with Gasteiger partial charge < -0.3 is 10.2 Å². The third kappa shape index (κ3) is 3.72. The molecule has 0 unspecified atom stereocenters. The predicted molar refractivity (Wildman–Crippen MR) is 88.4 cm³/mol. The van der Waals surface area contributed by atoms with Crippen LogP contribution in [0, 0.1) is 0 Å². The van der Waals surface area contributed by atoms with Gasteiger partial charge in [0.25, 0.3) is 0 Å². The van der Waals surface area contributed by atoms with E-state index in [2.05, 4.69) is 38.5 Å². The Balaban J connectivity index is 1.47. The number of rotatable bonds is 7. The zero-order valence-corrected chi connectivity index (χ0v) is 13.3. The van der Waals surface area contributed by atoms with Crippen molar-refractivity contribution in [1.29, 1.82) is 0 Å². The van der Waals surface area contributed by atoms with Crippen LogP contribution in [0.1, 0.15) is 31.2 Å². The van der Waals surface area contributed by atoms with Crippen molar-refractivity contribution in [2.45, 2.75) is 38.3 Å². The van der Waals surface area contributed by atoms with Crippen molar-refractivity contribution in [2.24, 2.45) is 0 Å². The van der Waals surface area contributed by atoms with E-state index in [9.17, 15) is 0 Å². The Labute approximate surface area is 132 Å². The molecule has 5 nitrogen and oxygen atoms in total. The molecule has 1 aliphatic rings. The number of hydrogen-bond acceptors (Lipinski definition) is 4. The van der Waals surface area contributed by atoms with Crippen LogP contribution >= 0.6 is 0 Å². The highest BCUT2D eigenvalue weighted by Gasteiger charge is 2.18. The first-order valence-electron chi connectivity index (χ1n) is 8.18. The molecule has 22 heavy (non-hydrogen) atoms. The minimum absolute atomic E-state index is 0.793. The molecule has 0 atom stereocenters. The number of pyridine rings is 1. The molecule has 0 amide bonds. The van der Waals surface area contributed by atoms with Gasteiger partial charge in [-0.2, -0.15) is 5.10 Å². The molecule has 0 radical (unpaired) electrons. The molecule has 0 aliphatic heterocycles. The lowest BCUT2D eigenvalue weighted by atomic mass is 10.1. The molecule has 3 rings (SSSR count). The van der Waals surface area contributed by atoms with Gasteiger partial charge in [0.2, 0.25) is 0 Å². The molecule has 2 heterocycles. The number of H-pyrrole nitrogens is 1. The monoisotopic (exact) mass is 299 g/mol. The highest BCUT2D eigenvalue weighted by atomic mass is 15.1. The molecule has 118 valence electrons. The molecule has 2 aromatic heterocycles. The summed E-state index contributed by atoms with van der Waals surface area (Å²) < 4.78 is 0. The molecule has 0 aromatic carbocycles. The summed E-state index contributed by atoms with van der Waals surface area (Å²) in [6.45, 7) is 2.94. The van der Waals surface area contributed by atoms with E-state index in [1.807, 2.05) is 18.5 Å². The van der Waals surface area contributed by atoms with Crippen LogP contribution in [-0.4, -0.2) is 46.3 Å². The quantitative estimate of drug-likeness (QED) is 0.771. The fourth-order valence-electron chi connectivity index (χ4n) is 3.21. The van der Waals surface area contributed by atoms with E-state index in [1.165, 1.54) is 31.2 Å². The first-order valence-corrected chi connectivity index (χ1v) is 8.18. The number of aromatic amines is 1. The number of nitrogens with one attached hydrogen (secondary N) is 2. The van der Waals surface area contributed by atoms with Gasteiger partial charge in [0.15, 0.2) is 0 Å². The zero-order valence-electron chi connectivity index (χ0n) is 13.3. The second-order valence-corrected chi connectivity index (χ2v) is 6.11. The second-order valence-electron chi connectivity index (χ2n) is 6.11. The smallest absolute Gasteiger partial charge is 0.0710 e. The molecular formula is C17H25N5. The maximum atomic E-state index is 4.17. The van der Waals surface area contributed by atoms with Crippen LogP contribution < -0.4 is 5.32 Å². The lowest BCUT2D eigenvalue weighted by Gasteiger charge is -2.23. The Morgan fingerprint density at radius 3 is 2.95 bits per heavy atom. The van der Waals surface area contributed by atoms with Gasteiger partial charge in [0, 0.05) is 49.2 Å². The SMILES string of the molecule is CN(CCNCc1cn[nH]c1-c1cccnc1)C1CCCC1. The third-order valence-corrected chi connectivity index (χ3v) is 4.57. The van der Waals surface area contributed by atoms with E-state index < -0.39 is 0 Å².